The average molecular weight is 475 g/mol. The lowest BCUT2D eigenvalue weighted by atomic mass is 10.1. The van der Waals surface area contributed by atoms with Crippen LogP contribution in [0.1, 0.15) is 38.0 Å². The van der Waals surface area contributed by atoms with Crippen LogP contribution in [0.15, 0.2) is 36.4 Å². The fraction of sp³-hybridized carbons (Fsp3) is 0.238. The highest BCUT2D eigenvalue weighted by Gasteiger charge is 2.44. The summed E-state index contributed by atoms with van der Waals surface area (Å²) in [5.74, 6) is -2.87. The molecular formula is C21H19ClN4O7. The number of nitro benzene ring substituents is 1. The molecule has 0 aliphatic carbocycles. The van der Waals surface area contributed by atoms with Gasteiger partial charge in [0.25, 0.3) is 23.4 Å². The Morgan fingerprint density at radius 2 is 1.94 bits per heavy atom. The number of rotatable bonds is 8. The summed E-state index contributed by atoms with van der Waals surface area (Å²) in [7, 11) is 1.50. The Balaban J connectivity index is 1.75. The van der Waals surface area contributed by atoms with Gasteiger partial charge < -0.3 is 15.4 Å². The number of fused-ring (bicyclic) bond motifs is 1. The van der Waals surface area contributed by atoms with Crippen molar-refractivity contribution in [3.63, 3.8) is 0 Å². The normalized spacial score (nSPS) is 13.5. The molecule has 0 spiro atoms. The molecule has 11 nitrogen and oxygen atoms in total. The number of hydrogen-bond acceptors (Lipinski definition) is 7. The topological polar surface area (TPSA) is 148 Å². The maximum absolute atomic E-state index is 12.8. The van der Waals surface area contributed by atoms with Crippen LogP contribution >= 0.6 is 11.6 Å². The van der Waals surface area contributed by atoms with E-state index in [4.69, 9.17) is 16.3 Å². The largest absolute Gasteiger partial charge is 0.383 e. The molecule has 0 saturated carbocycles. The number of amides is 4. The van der Waals surface area contributed by atoms with Crippen molar-refractivity contribution in [3.8, 4) is 0 Å². The molecule has 0 fully saturated rings. The molecule has 1 atom stereocenters. The summed E-state index contributed by atoms with van der Waals surface area (Å²) in [6.45, 7) is 1.94. The molecule has 0 aromatic heterocycles. The zero-order valence-corrected chi connectivity index (χ0v) is 18.3. The molecule has 2 aromatic carbocycles. The second-order valence-electron chi connectivity index (χ2n) is 7.05. The summed E-state index contributed by atoms with van der Waals surface area (Å²) in [6, 6.07) is 6.64. The minimum absolute atomic E-state index is 0.0757. The van der Waals surface area contributed by atoms with E-state index in [0.717, 1.165) is 6.07 Å². The summed E-state index contributed by atoms with van der Waals surface area (Å²) in [5, 5.41) is 16.5. The van der Waals surface area contributed by atoms with E-state index >= 15 is 0 Å². The molecule has 12 heteroatoms. The zero-order chi connectivity index (χ0) is 24.3. The van der Waals surface area contributed by atoms with Gasteiger partial charge in [-0.15, -0.1) is 0 Å². The summed E-state index contributed by atoms with van der Waals surface area (Å²) < 4.78 is 4.86. The van der Waals surface area contributed by atoms with Crippen LogP contribution in [0.25, 0.3) is 0 Å². The molecule has 3 rings (SSSR count). The third-order valence-electron chi connectivity index (χ3n) is 4.96. The predicted octanol–water partition coefficient (Wildman–Crippen LogP) is 2.25. The summed E-state index contributed by atoms with van der Waals surface area (Å²) >= 11 is 6.16. The predicted molar refractivity (Wildman–Crippen MR) is 117 cm³/mol. The molecule has 4 amide bonds. The van der Waals surface area contributed by atoms with E-state index in [0.29, 0.717) is 18.1 Å². The SMILES string of the molecule is COCCNC(=O)c1ccc(NC(=O)C(C)N2C(=O)c3cccc([N+](=O)[O-])c3C2=O)cc1Cl. The Morgan fingerprint density at radius 3 is 2.58 bits per heavy atom. The number of carbonyl (C=O) groups excluding carboxylic acids is 4. The standard InChI is InChI=1S/C21H19ClN4O7/c1-11(25-20(29)14-4-3-5-16(26(31)32)17(14)21(25)30)18(27)24-12-6-7-13(15(22)10-12)19(28)23-8-9-33-2/h3-7,10-11H,8-9H2,1-2H3,(H,23,28)(H,24,27). The average Bonchev–Trinajstić information content (AvgIpc) is 3.03. The molecule has 1 unspecified atom stereocenters. The Hall–Kier alpha value is -3.83. The van der Waals surface area contributed by atoms with Crippen molar-refractivity contribution in [1.29, 1.82) is 0 Å². The van der Waals surface area contributed by atoms with Crippen LogP contribution in [0.5, 0.6) is 0 Å². The number of halogens is 1. The number of imide groups is 1. The summed E-state index contributed by atoms with van der Waals surface area (Å²) in [5.41, 5.74) is -0.578. The van der Waals surface area contributed by atoms with Crippen molar-refractivity contribution in [3.05, 3.63) is 68.2 Å². The Bertz CT molecular complexity index is 1170. The molecule has 33 heavy (non-hydrogen) atoms. The van der Waals surface area contributed by atoms with Crippen LogP contribution in [0.4, 0.5) is 11.4 Å². The number of ether oxygens (including phenoxy) is 1. The summed E-state index contributed by atoms with van der Waals surface area (Å²) in [6.07, 6.45) is 0. The van der Waals surface area contributed by atoms with Gasteiger partial charge in [0.1, 0.15) is 11.6 Å². The van der Waals surface area contributed by atoms with Gasteiger partial charge in [-0.2, -0.15) is 0 Å². The fourth-order valence-electron chi connectivity index (χ4n) is 3.29. The number of hydrogen-bond donors (Lipinski definition) is 2. The van der Waals surface area contributed by atoms with Crippen LogP contribution in [0.2, 0.25) is 5.02 Å². The minimum Gasteiger partial charge on any atom is -0.383 e. The van der Waals surface area contributed by atoms with E-state index in [1.54, 1.807) is 0 Å². The van der Waals surface area contributed by atoms with Gasteiger partial charge in [0, 0.05) is 25.4 Å². The molecule has 172 valence electrons. The lowest BCUT2D eigenvalue weighted by Crippen LogP contribution is -2.45. The van der Waals surface area contributed by atoms with Gasteiger partial charge in [0.2, 0.25) is 5.91 Å². The maximum atomic E-state index is 12.8. The van der Waals surface area contributed by atoms with Gasteiger partial charge >= 0.3 is 0 Å². The minimum atomic E-state index is -1.27. The van der Waals surface area contributed by atoms with Gasteiger partial charge in [-0.3, -0.25) is 34.2 Å². The van der Waals surface area contributed by atoms with Crippen molar-refractivity contribution < 1.29 is 28.8 Å². The van der Waals surface area contributed by atoms with Crippen molar-refractivity contribution in [2.24, 2.45) is 0 Å². The maximum Gasteiger partial charge on any atom is 0.282 e. The van der Waals surface area contributed by atoms with E-state index < -0.39 is 40.3 Å². The van der Waals surface area contributed by atoms with Crippen molar-refractivity contribution in [2.75, 3.05) is 25.6 Å². The quantitative estimate of drug-likeness (QED) is 0.258. The second kappa shape index (κ2) is 9.76. The molecule has 1 aliphatic rings. The van der Waals surface area contributed by atoms with Crippen molar-refractivity contribution >= 4 is 46.6 Å². The zero-order valence-electron chi connectivity index (χ0n) is 17.6. The number of benzene rings is 2. The molecule has 2 N–H and O–H groups in total. The molecule has 0 bridgehead atoms. The van der Waals surface area contributed by atoms with E-state index in [9.17, 15) is 29.3 Å². The Kier molecular flexibility index (Phi) is 7.04. The highest BCUT2D eigenvalue weighted by atomic mass is 35.5. The van der Waals surface area contributed by atoms with Crippen LogP contribution in [0.3, 0.4) is 0 Å². The fourth-order valence-corrected chi connectivity index (χ4v) is 3.56. The molecule has 1 heterocycles. The van der Waals surface area contributed by atoms with E-state index in [-0.39, 0.29) is 27.4 Å². The number of carbonyl (C=O) groups is 4. The van der Waals surface area contributed by atoms with E-state index in [2.05, 4.69) is 10.6 Å². The smallest absolute Gasteiger partial charge is 0.282 e. The highest BCUT2D eigenvalue weighted by Crippen LogP contribution is 2.32. The van der Waals surface area contributed by atoms with Crippen LogP contribution < -0.4 is 10.6 Å². The molecule has 0 radical (unpaired) electrons. The Morgan fingerprint density at radius 1 is 1.21 bits per heavy atom. The first-order chi connectivity index (χ1) is 15.7. The lowest BCUT2D eigenvalue weighted by molar-refractivity contribution is -0.385. The first-order valence-corrected chi connectivity index (χ1v) is 10.1. The van der Waals surface area contributed by atoms with Crippen LogP contribution in [-0.2, 0) is 9.53 Å². The van der Waals surface area contributed by atoms with Gasteiger partial charge in [-0.05, 0) is 31.2 Å². The molecule has 2 aromatic rings. The first kappa shape index (κ1) is 23.8. The summed E-state index contributed by atoms with van der Waals surface area (Å²) in [4.78, 5) is 61.5. The monoisotopic (exact) mass is 474 g/mol. The number of methoxy groups -OCH3 is 1. The molecular weight excluding hydrogens is 456 g/mol. The van der Waals surface area contributed by atoms with Gasteiger partial charge in [0.05, 0.1) is 27.7 Å². The van der Waals surface area contributed by atoms with Crippen molar-refractivity contribution in [1.82, 2.24) is 10.2 Å². The number of nitro groups is 1. The van der Waals surface area contributed by atoms with E-state index in [1.165, 1.54) is 44.4 Å². The van der Waals surface area contributed by atoms with Crippen molar-refractivity contribution in [2.45, 2.75) is 13.0 Å². The van der Waals surface area contributed by atoms with Crippen LogP contribution in [0, 0.1) is 10.1 Å². The number of nitrogens with one attached hydrogen (secondary N) is 2. The molecule has 1 aliphatic heterocycles. The van der Waals surface area contributed by atoms with Crippen LogP contribution in [-0.4, -0.2) is 59.8 Å². The third-order valence-corrected chi connectivity index (χ3v) is 5.27. The second-order valence-corrected chi connectivity index (χ2v) is 7.45. The molecule has 0 saturated heterocycles. The first-order valence-electron chi connectivity index (χ1n) is 9.70. The number of anilines is 1. The third kappa shape index (κ3) is 4.69. The highest BCUT2D eigenvalue weighted by molar-refractivity contribution is 6.34. The lowest BCUT2D eigenvalue weighted by Gasteiger charge is -2.21. The Labute approximate surface area is 192 Å². The van der Waals surface area contributed by atoms with Gasteiger partial charge in [0.15, 0.2) is 0 Å². The van der Waals surface area contributed by atoms with Gasteiger partial charge in [-0.25, -0.2) is 0 Å². The number of nitrogens with zero attached hydrogens (tertiary/aromatic N) is 2. The van der Waals surface area contributed by atoms with Gasteiger partial charge in [-0.1, -0.05) is 17.7 Å². The van der Waals surface area contributed by atoms with E-state index in [1.807, 2.05) is 0 Å².